The lowest BCUT2D eigenvalue weighted by Crippen LogP contribution is -2.23. The highest BCUT2D eigenvalue weighted by molar-refractivity contribution is 8.00. The van der Waals surface area contributed by atoms with Crippen LogP contribution < -0.4 is 5.32 Å². The number of carbonyl (C=O) groups is 1. The molecule has 0 saturated carbocycles. The van der Waals surface area contributed by atoms with Crippen LogP contribution in [0.3, 0.4) is 0 Å². The van der Waals surface area contributed by atoms with Crippen molar-refractivity contribution in [3.63, 3.8) is 0 Å². The molecule has 1 N–H and O–H groups in total. The van der Waals surface area contributed by atoms with Gasteiger partial charge in [0.15, 0.2) is 16.8 Å². The normalized spacial score (nSPS) is 12.0. The summed E-state index contributed by atoms with van der Waals surface area (Å²) in [6.45, 7) is 7.87. The standard InChI is InChI=1S/C18H18ClN5O2S/c1-4-9-24-16(13-5-7-14(19)8-6-13)21-22-18(24)27-12(3)17(25)20-15-10-11(2)26-23-15/h4-8,10,12H,1,9H2,2-3H3,(H,20,23,25)/t12-/m0/s1. The van der Waals surface area contributed by atoms with Gasteiger partial charge >= 0.3 is 0 Å². The SMILES string of the molecule is C=CCn1c(S[C@@H](C)C(=O)Nc2cc(C)on2)nnc1-c1ccc(Cl)cc1. The highest BCUT2D eigenvalue weighted by Crippen LogP contribution is 2.28. The average molecular weight is 404 g/mol. The van der Waals surface area contributed by atoms with E-state index in [1.54, 1.807) is 38.1 Å². The van der Waals surface area contributed by atoms with Crippen LogP contribution >= 0.6 is 23.4 Å². The predicted octanol–water partition coefficient (Wildman–Crippen LogP) is 4.20. The number of aromatic nitrogens is 4. The first-order valence-corrected chi connectivity index (χ1v) is 9.44. The van der Waals surface area contributed by atoms with E-state index < -0.39 is 5.25 Å². The third kappa shape index (κ3) is 4.58. The Morgan fingerprint density at radius 1 is 1.41 bits per heavy atom. The van der Waals surface area contributed by atoms with E-state index in [9.17, 15) is 4.79 Å². The number of rotatable bonds is 7. The minimum absolute atomic E-state index is 0.200. The zero-order valence-electron chi connectivity index (χ0n) is 14.8. The topological polar surface area (TPSA) is 85.8 Å². The van der Waals surface area contributed by atoms with Crippen LogP contribution in [0.2, 0.25) is 5.02 Å². The molecule has 0 aliphatic carbocycles. The van der Waals surface area contributed by atoms with Crippen molar-refractivity contribution in [2.75, 3.05) is 5.32 Å². The van der Waals surface area contributed by atoms with Gasteiger partial charge in [0.25, 0.3) is 0 Å². The van der Waals surface area contributed by atoms with Crippen molar-refractivity contribution in [3.05, 3.63) is 53.8 Å². The molecule has 1 atom stereocenters. The molecule has 0 bridgehead atoms. The Hall–Kier alpha value is -2.58. The van der Waals surface area contributed by atoms with E-state index in [0.29, 0.717) is 34.1 Å². The Morgan fingerprint density at radius 2 is 2.15 bits per heavy atom. The van der Waals surface area contributed by atoms with Crippen molar-refractivity contribution < 1.29 is 9.32 Å². The van der Waals surface area contributed by atoms with Crippen molar-refractivity contribution in [1.29, 1.82) is 0 Å². The number of aryl methyl sites for hydroxylation is 1. The van der Waals surface area contributed by atoms with Gasteiger partial charge in [-0.2, -0.15) is 0 Å². The molecule has 0 unspecified atom stereocenters. The first kappa shape index (κ1) is 19.2. The van der Waals surface area contributed by atoms with E-state index in [2.05, 4.69) is 27.2 Å². The van der Waals surface area contributed by atoms with Crippen LogP contribution in [-0.2, 0) is 11.3 Å². The second-order valence-electron chi connectivity index (χ2n) is 5.78. The summed E-state index contributed by atoms with van der Waals surface area (Å²) in [5.41, 5.74) is 0.885. The Morgan fingerprint density at radius 3 is 2.78 bits per heavy atom. The number of carbonyl (C=O) groups excluding carboxylic acids is 1. The molecule has 0 saturated heterocycles. The quantitative estimate of drug-likeness (QED) is 0.470. The van der Waals surface area contributed by atoms with Crippen LogP contribution in [0.25, 0.3) is 11.4 Å². The molecule has 140 valence electrons. The first-order chi connectivity index (χ1) is 13.0. The van der Waals surface area contributed by atoms with Crippen molar-refractivity contribution in [1.82, 2.24) is 19.9 Å². The number of thioether (sulfide) groups is 1. The molecule has 3 aromatic rings. The Labute approximate surface area is 165 Å². The number of nitrogens with zero attached hydrogens (tertiary/aromatic N) is 4. The molecule has 9 heteroatoms. The number of nitrogens with one attached hydrogen (secondary N) is 1. The van der Waals surface area contributed by atoms with Crippen molar-refractivity contribution in [2.24, 2.45) is 0 Å². The van der Waals surface area contributed by atoms with E-state index in [-0.39, 0.29) is 5.91 Å². The molecular formula is C18H18ClN5O2S. The van der Waals surface area contributed by atoms with Gasteiger partial charge < -0.3 is 9.84 Å². The molecule has 7 nitrogen and oxygen atoms in total. The number of amides is 1. The number of benzene rings is 1. The largest absolute Gasteiger partial charge is 0.360 e. The summed E-state index contributed by atoms with van der Waals surface area (Å²) < 4.78 is 6.86. The molecule has 1 amide bonds. The van der Waals surface area contributed by atoms with Crippen molar-refractivity contribution in [2.45, 2.75) is 30.8 Å². The van der Waals surface area contributed by atoms with E-state index >= 15 is 0 Å². The zero-order chi connectivity index (χ0) is 19.4. The Kier molecular flexibility index (Phi) is 5.98. The van der Waals surface area contributed by atoms with Crippen molar-refractivity contribution >= 4 is 35.1 Å². The van der Waals surface area contributed by atoms with E-state index in [1.807, 2.05) is 16.7 Å². The predicted molar refractivity (Wildman–Crippen MR) is 106 cm³/mol. The lowest BCUT2D eigenvalue weighted by Gasteiger charge is -2.12. The number of hydrogen-bond donors (Lipinski definition) is 1. The molecular weight excluding hydrogens is 386 g/mol. The fourth-order valence-electron chi connectivity index (χ4n) is 2.35. The summed E-state index contributed by atoms with van der Waals surface area (Å²) in [5, 5.41) is 15.9. The third-order valence-corrected chi connectivity index (χ3v) is 4.99. The van der Waals surface area contributed by atoms with Gasteiger partial charge in [0.1, 0.15) is 5.76 Å². The molecule has 0 fully saturated rings. The van der Waals surface area contributed by atoms with E-state index in [4.69, 9.17) is 16.1 Å². The van der Waals surface area contributed by atoms with Gasteiger partial charge in [-0.15, -0.1) is 16.8 Å². The number of allylic oxidation sites excluding steroid dienone is 1. The molecule has 2 aromatic heterocycles. The van der Waals surface area contributed by atoms with Crippen molar-refractivity contribution in [3.8, 4) is 11.4 Å². The van der Waals surface area contributed by atoms with Gasteiger partial charge in [-0.3, -0.25) is 9.36 Å². The van der Waals surface area contributed by atoms with Gasteiger partial charge in [0.2, 0.25) is 5.91 Å². The van der Waals surface area contributed by atoms with Gasteiger partial charge in [0.05, 0.1) is 5.25 Å². The zero-order valence-corrected chi connectivity index (χ0v) is 16.4. The van der Waals surface area contributed by atoms with Crippen LogP contribution in [0.5, 0.6) is 0 Å². The first-order valence-electron chi connectivity index (χ1n) is 8.19. The van der Waals surface area contributed by atoms with Gasteiger partial charge in [-0.25, -0.2) is 0 Å². The fraction of sp³-hybridized carbons (Fsp3) is 0.222. The summed E-state index contributed by atoms with van der Waals surface area (Å²) in [4.78, 5) is 12.4. The molecule has 0 aliphatic rings. The molecule has 0 radical (unpaired) electrons. The third-order valence-electron chi connectivity index (χ3n) is 3.66. The maximum atomic E-state index is 12.4. The smallest absolute Gasteiger partial charge is 0.238 e. The summed E-state index contributed by atoms with van der Waals surface area (Å²) in [7, 11) is 0. The maximum Gasteiger partial charge on any atom is 0.238 e. The van der Waals surface area contributed by atoms with E-state index in [0.717, 1.165) is 5.56 Å². The van der Waals surface area contributed by atoms with Crippen LogP contribution in [-0.4, -0.2) is 31.1 Å². The van der Waals surface area contributed by atoms with Crippen LogP contribution in [0.4, 0.5) is 5.82 Å². The molecule has 1 aromatic carbocycles. The number of hydrogen-bond acceptors (Lipinski definition) is 6. The highest BCUT2D eigenvalue weighted by atomic mass is 35.5. The van der Waals surface area contributed by atoms with Crippen LogP contribution in [0, 0.1) is 6.92 Å². The Balaban J connectivity index is 1.78. The monoisotopic (exact) mass is 403 g/mol. The number of anilines is 1. The van der Waals surface area contributed by atoms with Gasteiger partial charge in [-0.1, -0.05) is 34.6 Å². The highest BCUT2D eigenvalue weighted by Gasteiger charge is 2.21. The lowest BCUT2D eigenvalue weighted by molar-refractivity contribution is -0.115. The second kappa shape index (κ2) is 8.41. The number of halogens is 1. The molecule has 2 heterocycles. The minimum Gasteiger partial charge on any atom is -0.360 e. The van der Waals surface area contributed by atoms with Gasteiger partial charge in [0, 0.05) is 23.2 Å². The van der Waals surface area contributed by atoms with Crippen LogP contribution in [0.15, 0.2) is 52.7 Å². The van der Waals surface area contributed by atoms with Gasteiger partial charge in [-0.05, 0) is 38.1 Å². The summed E-state index contributed by atoms with van der Waals surface area (Å²) >= 11 is 7.27. The molecule has 0 spiro atoms. The summed E-state index contributed by atoms with van der Waals surface area (Å²) in [5.74, 6) is 1.51. The second-order valence-corrected chi connectivity index (χ2v) is 7.53. The molecule has 27 heavy (non-hydrogen) atoms. The Bertz CT molecular complexity index is 951. The lowest BCUT2D eigenvalue weighted by atomic mass is 10.2. The maximum absolute atomic E-state index is 12.4. The molecule has 3 rings (SSSR count). The molecule has 0 aliphatic heterocycles. The fourth-order valence-corrected chi connectivity index (χ4v) is 3.33. The summed E-state index contributed by atoms with van der Waals surface area (Å²) in [6, 6.07) is 9.01. The minimum atomic E-state index is -0.409. The average Bonchev–Trinajstić information content (AvgIpc) is 3.22. The van der Waals surface area contributed by atoms with Crippen LogP contribution in [0.1, 0.15) is 12.7 Å². The van der Waals surface area contributed by atoms with E-state index in [1.165, 1.54) is 11.8 Å². The summed E-state index contributed by atoms with van der Waals surface area (Å²) in [6.07, 6.45) is 1.76.